The summed E-state index contributed by atoms with van der Waals surface area (Å²) in [5.74, 6) is -0.904. The average Bonchev–Trinajstić information content (AvgIpc) is 2.69. The predicted octanol–water partition coefficient (Wildman–Crippen LogP) is 1.89. The van der Waals surface area contributed by atoms with Crippen LogP contribution in [0, 0.1) is 12.7 Å². The maximum absolute atomic E-state index is 13.8. The van der Waals surface area contributed by atoms with E-state index in [1.165, 1.54) is 6.20 Å². The number of hydrogen-bond acceptors (Lipinski definition) is 4. The summed E-state index contributed by atoms with van der Waals surface area (Å²) in [6, 6.07) is 2.13. The van der Waals surface area contributed by atoms with Crippen molar-refractivity contribution in [3.63, 3.8) is 0 Å². The molecule has 0 aliphatic heterocycles. The standard InChI is InChI=1S/C10H10ClFN4O2S/c1-5-4-14-15-10(5)16-19(17,18)8-3-6(13)2-7(11)9(8)12/h2-4H,13H2,1H3,(H2,14,15,16). The molecule has 0 bridgehead atoms. The Morgan fingerprint density at radius 2 is 2.16 bits per heavy atom. The second-order valence-corrected chi connectivity index (χ2v) is 5.91. The zero-order valence-corrected chi connectivity index (χ0v) is 11.3. The van der Waals surface area contributed by atoms with Gasteiger partial charge in [0, 0.05) is 11.3 Å². The molecule has 6 nitrogen and oxygen atoms in total. The number of benzene rings is 1. The lowest BCUT2D eigenvalue weighted by molar-refractivity contribution is 0.570. The van der Waals surface area contributed by atoms with Crippen LogP contribution in [0.1, 0.15) is 5.56 Å². The van der Waals surface area contributed by atoms with Crippen LogP contribution in [0.25, 0.3) is 0 Å². The van der Waals surface area contributed by atoms with E-state index in [1.54, 1.807) is 6.92 Å². The van der Waals surface area contributed by atoms with Crippen LogP contribution in [0.3, 0.4) is 0 Å². The number of aromatic nitrogens is 2. The summed E-state index contributed by atoms with van der Waals surface area (Å²) in [6.45, 7) is 1.64. The average molecular weight is 305 g/mol. The van der Waals surface area contributed by atoms with Crippen LogP contribution in [0.15, 0.2) is 23.2 Å². The second-order valence-electron chi connectivity index (χ2n) is 3.85. The largest absolute Gasteiger partial charge is 0.399 e. The molecule has 1 aromatic carbocycles. The summed E-state index contributed by atoms with van der Waals surface area (Å²) in [7, 11) is -4.14. The molecule has 0 saturated carbocycles. The second kappa shape index (κ2) is 4.71. The molecule has 4 N–H and O–H groups in total. The number of halogens is 2. The van der Waals surface area contributed by atoms with E-state index in [9.17, 15) is 12.8 Å². The number of nitrogens with one attached hydrogen (secondary N) is 2. The predicted molar refractivity (Wildman–Crippen MR) is 70.0 cm³/mol. The number of anilines is 2. The number of rotatable bonds is 3. The summed E-state index contributed by atoms with van der Waals surface area (Å²) in [6.07, 6.45) is 1.43. The fourth-order valence-electron chi connectivity index (χ4n) is 1.42. The number of aromatic amines is 1. The van der Waals surface area contributed by atoms with Crippen molar-refractivity contribution in [3.8, 4) is 0 Å². The first-order chi connectivity index (χ1) is 8.81. The number of hydrogen-bond donors (Lipinski definition) is 3. The Labute approximate surface area is 113 Å². The third-order valence-corrected chi connectivity index (χ3v) is 4.00. The van der Waals surface area contributed by atoms with Crippen molar-refractivity contribution in [1.29, 1.82) is 0 Å². The van der Waals surface area contributed by atoms with Crippen molar-refractivity contribution in [1.82, 2.24) is 10.2 Å². The number of aryl methyl sites for hydroxylation is 1. The fraction of sp³-hybridized carbons (Fsp3) is 0.100. The van der Waals surface area contributed by atoms with E-state index >= 15 is 0 Å². The van der Waals surface area contributed by atoms with Gasteiger partial charge in [-0.25, -0.2) is 12.8 Å². The Hall–Kier alpha value is -1.80. The Bertz CT molecular complexity index is 729. The Morgan fingerprint density at radius 3 is 2.74 bits per heavy atom. The minimum atomic E-state index is -4.14. The molecule has 9 heteroatoms. The van der Waals surface area contributed by atoms with Gasteiger partial charge in [-0.1, -0.05) is 11.6 Å². The molecule has 2 aromatic rings. The molecule has 0 fully saturated rings. The molecule has 0 spiro atoms. The molecule has 0 aliphatic carbocycles. The molecule has 19 heavy (non-hydrogen) atoms. The number of H-pyrrole nitrogens is 1. The molecule has 1 heterocycles. The lowest BCUT2D eigenvalue weighted by Crippen LogP contribution is -2.16. The van der Waals surface area contributed by atoms with Crippen LogP contribution >= 0.6 is 11.6 Å². The Balaban J connectivity index is 2.49. The molecule has 0 atom stereocenters. The lowest BCUT2D eigenvalue weighted by atomic mass is 10.3. The maximum Gasteiger partial charge on any atom is 0.266 e. The highest BCUT2D eigenvalue weighted by Gasteiger charge is 2.23. The summed E-state index contributed by atoms with van der Waals surface area (Å²) in [5, 5.41) is 5.75. The van der Waals surface area contributed by atoms with Crippen molar-refractivity contribution in [2.45, 2.75) is 11.8 Å². The molecule has 0 aliphatic rings. The van der Waals surface area contributed by atoms with Gasteiger partial charge in [-0.2, -0.15) is 5.10 Å². The third-order valence-electron chi connectivity index (χ3n) is 2.37. The summed E-state index contributed by atoms with van der Waals surface area (Å²) < 4.78 is 40.1. The maximum atomic E-state index is 13.8. The van der Waals surface area contributed by atoms with Gasteiger partial charge in [-0.15, -0.1) is 0 Å². The molecular formula is C10H10ClFN4O2S. The molecule has 0 saturated heterocycles. The van der Waals surface area contributed by atoms with E-state index < -0.39 is 20.7 Å². The van der Waals surface area contributed by atoms with E-state index in [2.05, 4.69) is 14.9 Å². The number of nitrogens with zero attached hydrogens (tertiary/aromatic N) is 1. The van der Waals surface area contributed by atoms with E-state index in [-0.39, 0.29) is 16.5 Å². The van der Waals surface area contributed by atoms with Gasteiger partial charge in [0.2, 0.25) is 0 Å². The summed E-state index contributed by atoms with van der Waals surface area (Å²) >= 11 is 5.57. The van der Waals surface area contributed by atoms with Gasteiger partial charge >= 0.3 is 0 Å². The van der Waals surface area contributed by atoms with Gasteiger partial charge in [0.15, 0.2) is 5.82 Å². The third kappa shape index (κ3) is 2.64. The lowest BCUT2D eigenvalue weighted by Gasteiger charge is -2.09. The van der Waals surface area contributed by atoms with Gasteiger partial charge in [-0.05, 0) is 19.1 Å². The quantitative estimate of drug-likeness (QED) is 0.754. The Kier molecular flexibility index (Phi) is 3.38. The zero-order chi connectivity index (χ0) is 14.2. The van der Waals surface area contributed by atoms with Crippen molar-refractivity contribution >= 4 is 33.1 Å². The first-order valence-electron chi connectivity index (χ1n) is 5.08. The molecule has 102 valence electrons. The highest BCUT2D eigenvalue weighted by atomic mass is 35.5. The van der Waals surface area contributed by atoms with Gasteiger partial charge in [-0.3, -0.25) is 9.82 Å². The van der Waals surface area contributed by atoms with Crippen LogP contribution < -0.4 is 10.5 Å². The van der Waals surface area contributed by atoms with Crippen molar-refractivity contribution in [2.24, 2.45) is 0 Å². The van der Waals surface area contributed by atoms with E-state index in [0.717, 1.165) is 12.1 Å². The van der Waals surface area contributed by atoms with E-state index in [1.807, 2.05) is 0 Å². The molecule has 1 aromatic heterocycles. The van der Waals surface area contributed by atoms with Gasteiger partial charge in [0.05, 0.1) is 11.2 Å². The number of nitrogen functional groups attached to an aromatic ring is 1. The van der Waals surface area contributed by atoms with Gasteiger partial charge in [0.1, 0.15) is 10.7 Å². The smallest absolute Gasteiger partial charge is 0.266 e. The Morgan fingerprint density at radius 1 is 1.47 bits per heavy atom. The SMILES string of the molecule is Cc1cn[nH]c1NS(=O)(=O)c1cc(N)cc(Cl)c1F. The highest BCUT2D eigenvalue weighted by Crippen LogP contribution is 2.27. The monoisotopic (exact) mass is 304 g/mol. The van der Waals surface area contributed by atoms with Crippen molar-refractivity contribution in [3.05, 3.63) is 34.7 Å². The van der Waals surface area contributed by atoms with E-state index in [0.29, 0.717) is 5.56 Å². The molecular weight excluding hydrogens is 295 g/mol. The summed E-state index contributed by atoms with van der Waals surface area (Å²) in [4.78, 5) is -0.619. The van der Waals surface area contributed by atoms with Crippen molar-refractivity contribution in [2.75, 3.05) is 10.5 Å². The minimum Gasteiger partial charge on any atom is -0.399 e. The fourth-order valence-corrected chi connectivity index (χ4v) is 2.92. The number of sulfonamides is 1. The minimum absolute atomic E-state index is 0.0492. The first-order valence-corrected chi connectivity index (χ1v) is 6.94. The zero-order valence-electron chi connectivity index (χ0n) is 9.74. The van der Waals surface area contributed by atoms with Crippen LogP contribution in [0.2, 0.25) is 5.02 Å². The van der Waals surface area contributed by atoms with Gasteiger partial charge in [0.25, 0.3) is 10.0 Å². The molecule has 0 unspecified atom stereocenters. The molecule has 2 rings (SSSR count). The molecule has 0 radical (unpaired) electrons. The molecule has 0 amide bonds. The topological polar surface area (TPSA) is 101 Å². The van der Waals surface area contributed by atoms with Crippen LogP contribution in [-0.2, 0) is 10.0 Å². The van der Waals surface area contributed by atoms with Gasteiger partial charge < -0.3 is 5.73 Å². The van der Waals surface area contributed by atoms with E-state index in [4.69, 9.17) is 17.3 Å². The van der Waals surface area contributed by atoms with Crippen molar-refractivity contribution < 1.29 is 12.8 Å². The first kappa shape index (κ1) is 13.6. The normalized spacial score (nSPS) is 11.5. The summed E-state index contributed by atoms with van der Waals surface area (Å²) in [5.41, 5.74) is 6.08. The van der Waals surface area contributed by atoms with Crippen LogP contribution in [0.5, 0.6) is 0 Å². The van der Waals surface area contributed by atoms with Crippen LogP contribution in [0.4, 0.5) is 15.9 Å². The highest BCUT2D eigenvalue weighted by molar-refractivity contribution is 7.92. The number of nitrogens with two attached hydrogens (primary N) is 1. The van der Waals surface area contributed by atoms with Crippen LogP contribution in [-0.4, -0.2) is 18.6 Å².